The van der Waals surface area contributed by atoms with Crippen molar-refractivity contribution in [3.63, 3.8) is 0 Å². The van der Waals surface area contributed by atoms with Crippen LogP contribution >= 0.6 is 0 Å². The largest absolute Gasteiger partial charge is 0.324 e. The molecule has 0 aromatic rings. The molecule has 0 spiro atoms. The molecule has 0 heterocycles. The summed E-state index contributed by atoms with van der Waals surface area (Å²) in [7, 11) is 0. The molecule has 1 aliphatic carbocycles. The van der Waals surface area contributed by atoms with Crippen molar-refractivity contribution >= 4 is 0 Å². The number of allylic oxidation sites excluding steroid dienone is 1. The second-order valence-electron chi connectivity index (χ2n) is 3.63. The van der Waals surface area contributed by atoms with Crippen LogP contribution in [0.4, 0.5) is 0 Å². The van der Waals surface area contributed by atoms with Crippen LogP contribution in [0.3, 0.4) is 0 Å². The van der Waals surface area contributed by atoms with Gasteiger partial charge in [-0.3, -0.25) is 0 Å². The van der Waals surface area contributed by atoms with Crippen molar-refractivity contribution < 1.29 is 0 Å². The summed E-state index contributed by atoms with van der Waals surface area (Å²) in [4.78, 5) is 0. The van der Waals surface area contributed by atoms with Crippen LogP contribution in [0.1, 0.15) is 27.2 Å². The molecule has 3 atom stereocenters. The van der Waals surface area contributed by atoms with Crippen LogP contribution in [-0.2, 0) is 0 Å². The number of hydrogen-bond donors (Lipinski definition) is 1. The molecule has 10 heavy (non-hydrogen) atoms. The quantitative estimate of drug-likeness (QED) is 0.510. The number of nitrogens with two attached hydrogens (primary N) is 1. The average Bonchev–Trinajstić information content (AvgIpc) is 1.82. The van der Waals surface area contributed by atoms with E-state index in [1.807, 2.05) is 0 Å². The average molecular weight is 139 g/mol. The van der Waals surface area contributed by atoms with Crippen LogP contribution in [0.2, 0.25) is 0 Å². The first-order valence-corrected chi connectivity index (χ1v) is 4.05. The van der Waals surface area contributed by atoms with E-state index >= 15 is 0 Å². The first-order chi connectivity index (χ1) is 4.61. The monoisotopic (exact) mass is 139 g/mol. The van der Waals surface area contributed by atoms with E-state index in [0.717, 1.165) is 5.92 Å². The van der Waals surface area contributed by atoms with E-state index in [2.05, 4.69) is 26.8 Å². The lowest BCUT2D eigenvalue weighted by Crippen LogP contribution is -2.33. The predicted molar refractivity (Wildman–Crippen MR) is 44.7 cm³/mol. The van der Waals surface area contributed by atoms with Crippen LogP contribution in [0.15, 0.2) is 11.6 Å². The van der Waals surface area contributed by atoms with E-state index in [1.165, 1.54) is 12.0 Å². The van der Waals surface area contributed by atoms with Crippen molar-refractivity contribution in [3.8, 4) is 0 Å². The van der Waals surface area contributed by atoms with Gasteiger partial charge in [0.2, 0.25) is 0 Å². The third kappa shape index (κ3) is 1.40. The van der Waals surface area contributed by atoms with Gasteiger partial charge in [-0.2, -0.15) is 0 Å². The summed E-state index contributed by atoms with van der Waals surface area (Å²) in [5.74, 6) is 1.40. The molecule has 58 valence electrons. The van der Waals surface area contributed by atoms with E-state index < -0.39 is 0 Å². The summed E-state index contributed by atoms with van der Waals surface area (Å²) in [5, 5.41) is 0. The lowest BCUT2D eigenvalue weighted by Gasteiger charge is -2.28. The van der Waals surface area contributed by atoms with E-state index in [-0.39, 0.29) is 0 Å². The molecule has 2 N–H and O–H groups in total. The smallest absolute Gasteiger partial charge is 0.0277 e. The second-order valence-corrected chi connectivity index (χ2v) is 3.63. The highest BCUT2D eigenvalue weighted by Gasteiger charge is 2.21. The van der Waals surface area contributed by atoms with Gasteiger partial charge < -0.3 is 5.73 Å². The standard InChI is InChI=1S/C9H17N/c1-6-4-7(2)9(10)8(3)5-6/h4,6,8-9H,5,10H2,1-3H3/t6?,8?,9-/m1/s1. The highest BCUT2D eigenvalue weighted by atomic mass is 14.7. The third-order valence-electron chi connectivity index (χ3n) is 2.43. The van der Waals surface area contributed by atoms with Gasteiger partial charge in [-0.1, -0.05) is 25.5 Å². The topological polar surface area (TPSA) is 26.0 Å². The fraction of sp³-hybridized carbons (Fsp3) is 0.778. The fourth-order valence-corrected chi connectivity index (χ4v) is 1.81. The second kappa shape index (κ2) is 2.75. The predicted octanol–water partition coefficient (Wildman–Crippen LogP) is 1.94. The lowest BCUT2D eigenvalue weighted by atomic mass is 9.81. The molecule has 1 rings (SSSR count). The van der Waals surface area contributed by atoms with Crippen LogP contribution in [0.25, 0.3) is 0 Å². The summed E-state index contributed by atoms with van der Waals surface area (Å²) in [6, 6.07) is 0.316. The van der Waals surface area contributed by atoms with Crippen molar-refractivity contribution in [2.24, 2.45) is 17.6 Å². The van der Waals surface area contributed by atoms with Crippen LogP contribution < -0.4 is 5.73 Å². The molecule has 0 aromatic heterocycles. The molecule has 1 heteroatoms. The summed E-state index contributed by atoms with van der Waals surface area (Å²) in [6.45, 7) is 6.63. The zero-order valence-electron chi connectivity index (χ0n) is 7.09. The Hall–Kier alpha value is -0.300. The summed E-state index contributed by atoms with van der Waals surface area (Å²) in [5.41, 5.74) is 7.28. The highest BCUT2D eigenvalue weighted by Crippen LogP contribution is 2.26. The fourth-order valence-electron chi connectivity index (χ4n) is 1.81. The Balaban J connectivity index is 2.71. The molecule has 2 unspecified atom stereocenters. The van der Waals surface area contributed by atoms with E-state index in [1.54, 1.807) is 0 Å². The molecule has 0 aliphatic heterocycles. The SMILES string of the molecule is CC1=CC(C)CC(C)[C@@H]1N. The maximum absolute atomic E-state index is 5.92. The van der Waals surface area contributed by atoms with Gasteiger partial charge in [-0.05, 0) is 25.2 Å². The Kier molecular flexibility index (Phi) is 2.14. The zero-order chi connectivity index (χ0) is 7.72. The first kappa shape index (κ1) is 7.80. The minimum Gasteiger partial charge on any atom is -0.324 e. The zero-order valence-corrected chi connectivity index (χ0v) is 7.09. The molecule has 0 saturated carbocycles. The van der Waals surface area contributed by atoms with Gasteiger partial charge >= 0.3 is 0 Å². The molecular formula is C9H17N. The van der Waals surface area contributed by atoms with Crippen molar-refractivity contribution in [1.29, 1.82) is 0 Å². The Morgan fingerprint density at radius 1 is 1.50 bits per heavy atom. The summed E-state index contributed by atoms with van der Waals surface area (Å²) >= 11 is 0. The van der Waals surface area contributed by atoms with Gasteiger partial charge in [0.1, 0.15) is 0 Å². The molecule has 1 nitrogen and oxygen atoms in total. The van der Waals surface area contributed by atoms with Gasteiger partial charge in [0.25, 0.3) is 0 Å². The molecular weight excluding hydrogens is 122 g/mol. The van der Waals surface area contributed by atoms with Crippen molar-refractivity contribution in [2.75, 3.05) is 0 Å². The Morgan fingerprint density at radius 3 is 2.60 bits per heavy atom. The van der Waals surface area contributed by atoms with E-state index in [9.17, 15) is 0 Å². The molecule has 1 aliphatic rings. The van der Waals surface area contributed by atoms with E-state index in [0.29, 0.717) is 12.0 Å². The van der Waals surface area contributed by atoms with Gasteiger partial charge in [0.05, 0.1) is 0 Å². The highest BCUT2D eigenvalue weighted by molar-refractivity contribution is 5.13. The third-order valence-corrected chi connectivity index (χ3v) is 2.43. The Morgan fingerprint density at radius 2 is 2.10 bits per heavy atom. The maximum Gasteiger partial charge on any atom is 0.0277 e. The summed E-state index contributed by atoms with van der Waals surface area (Å²) < 4.78 is 0. The minimum absolute atomic E-state index is 0.316. The van der Waals surface area contributed by atoms with Crippen LogP contribution in [0, 0.1) is 11.8 Å². The molecule has 0 amide bonds. The number of rotatable bonds is 0. The van der Waals surface area contributed by atoms with Gasteiger partial charge in [-0.15, -0.1) is 0 Å². The minimum atomic E-state index is 0.316. The summed E-state index contributed by atoms with van der Waals surface area (Å²) in [6.07, 6.45) is 3.54. The maximum atomic E-state index is 5.92. The number of hydrogen-bond acceptors (Lipinski definition) is 1. The van der Waals surface area contributed by atoms with Crippen molar-refractivity contribution in [1.82, 2.24) is 0 Å². The normalized spacial score (nSPS) is 41.2. The molecule has 0 aromatic carbocycles. The lowest BCUT2D eigenvalue weighted by molar-refractivity contribution is 0.391. The van der Waals surface area contributed by atoms with Crippen molar-refractivity contribution in [2.45, 2.75) is 33.2 Å². The molecule has 0 radical (unpaired) electrons. The van der Waals surface area contributed by atoms with Crippen LogP contribution in [0.5, 0.6) is 0 Å². The Labute approximate surface area is 63.3 Å². The van der Waals surface area contributed by atoms with Gasteiger partial charge in [0, 0.05) is 6.04 Å². The van der Waals surface area contributed by atoms with Crippen molar-refractivity contribution in [3.05, 3.63) is 11.6 Å². The Bertz CT molecular complexity index is 149. The van der Waals surface area contributed by atoms with E-state index in [4.69, 9.17) is 5.73 Å². The molecule has 0 saturated heterocycles. The van der Waals surface area contributed by atoms with Gasteiger partial charge in [0.15, 0.2) is 0 Å². The van der Waals surface area contributed by atoms with Gasteiger partial charge in [-0.25, -0.2) is 0 Å². The van der Waals surface area contributed by atoms with Crippen LogP contribution in [-0.4, -0.2) is 6.04 Å². The molecule has 0 bridgehead atoms. The first-order valence-electron chi connectivity index (χ1n) is 4.05. The molecule has 0 fully saturated rings.